The molecule has 1 aromatic rings. The molecule has 114 valence electrons. The fourth-order valence-corrected chi connectivity index (χ4v) is 1.64. The van der Waals surface area contributed by atoms with E-state index in [1.54, 1.807) is 13.8 Å². The molecular weight excluding hydrogens is 280 g/mol. The lowest BCUT2D eigenvalue weighted by Gasteiger charge is -2.18. The third kappa shape index (κ3) is 4.41. The van der Waals surface area contributed by atoms with Crippen LogP contribution < -0.4 is 10.2 Å². The number of nitro groups is 1. The van der Waals surface area contributed by atoms with Crippen molar-refractivity contribution in [1.82, 2.24) is 10.3 Å². The predicted molar refractivity (Wildman–Crippen MR) is 74.4 cm³/mol. The van der Waals surface area contributed by atoms with E-state index in [0.717, 1.165) is 12.1 Å². The van der Waals surface area contributed by atoms with Gasteiger partial charge in [0.05, 0.1) is 11.5 Å². The number of pyridine rings is 1. The monoisotopic (exact) mass is 296 g/mol. The van der Waals surface area contributed by atoms with Gasteiger partial charge in [-0.1, -0.05) is 0 Å². The highest BCUT2D eigenvalue weighted by atomic mass is 16.6. The van der Waals surface area contributed by atoms with Crippen LogP contribution in [0, 0.1) is 10.1 Å². The minimum Gasteiger partial charge on any atom is -0.477 e. The lowest BCUT2D eigenvalue weighted by Crippen LogP contribution is -2.39. The molecule has 0 aliphatic heterocycles. The molecule has 0 atom stereocenters. The summed E-state index contributed by atoms with van der Waals surface area (Å²) in [5.74, 6) is -1.81. The molecule has 1 aromatic heterocycles. The quantitative estimate of drug-likeness (QED) is 0.583. The van der Waals surface area contributed by atoms with Gasteiger partial charge in [-0.3, -0.25) is 14.9 Å². The van der Waals surface area contributed by atoms with Crippen molar-refractivity contribution in [3.8, 4) is 0 Å². The average molecular weight is 296 g/mol. The number of carbonyl (C=O) groups is 2. The zero-order chi connectivity index (χ0) is 16.2. The molecule has 0 spiro atoms. The van der Waals surface area contributed by atoms with Gasteiger partial charge >= 0.3 is 11.7 Å². The summed E-state index contributed by atoms with van der Waals surface area (Å²) in [5.41, 5.74) is -0.688. The molecule has 0 aliphatic rings. The van der Waals surface area contributed by atoms with Gasteiger partial charge in [0.15, 0.2) is 5.69 Å². The maximum absolute atomic E-state index is 11.7. The Labute approximate surface area is 120 Å². The zero-order valence-electron chi connectivity index (χ0n) is 11.9. The van der Waals surface area contributed by atoms with Crippen LogP contribution in [0.2, 0.25) is 0 Å². The molecule has 9 nitrogen and oxygen atoms in total. The van der Waals surface area contributed by atoms with E-state index >= 15 is 0 Å². The molecule has 0 saturated carbocycles. The zero-order valence-corrected chi connectivity index (χ0v) is 11.9. The minimum atomic E-state index is -1.30. The standard InChI is InChI=1S/C12H16N4O5/c1-7(2)13-10(17)6-15(3)11-9(16(20)21)5-4-8(14-11)12(18)19/h4-5,7H,6H2,1-3H3,(H,13,17)(H,18,19). The van der Waals surface area contributed by atoms with Crippen molar-refractivity contribution in [1.29, 1.82) is 0 Å². The number of carboxylic acids is 1. The van der Waals surface area contributed by atoms with Gasteiger partial charge in [-0.25, -0.2) is 9.78 Å². The van der Waals surface area contributed by atoms with Crippen LogP contribution in [-0.4, -0.2) is 46.5 Å². The molecule has 2 N–H and O–H groups in total. The number of amides is 1. The summed E-state index contributed by atoms with van der Waals surface area (Å²) in [5, 5.41) is 22.5. The number of hydrogen-bond donors (Lipinski definition) is 2. The second-order valence-electron chi connectivity index (χ2n) is 4.68. The van der Waals surface area contributed by atoms with Crippen molar-refractivity contribution >= 4 is 23.4 Å². The predicted octanol–water partition coefficient (Wildman–Crippen LogP) is 0.649. The van der Waals surface area contributed by atoms with E-state index in [4.69, 9.17) is 5.11 Å². The number of carboxylic acid groups (broad SMARTS) is 1. The van der Waals surface area contributed by atoms with Crippen LogP contribution >= 0.6 is 0 Å². The first-order valence-corrected chi connectivity index (χ1v) is 6.11. The van der Waals surface area contributed by atoms with Crippen LogP contribution in [0.15, 0.2) is 12.1 Å². The molecule has 0 radical (unpaired) electrons. The first kappa shape index (κ1) is 16.3. The molecule has 1 rings (SSSR count). The third-order valence-electron chi connectivity index (χ3n) is 2.46. The van der Waals surface area contributed by atoms with Gasteiger partial charge in [0.2, 0.25) is 11.7 Å². The summed E-state index contributed by atoms with van der Waals surface area (Å²) < 4.78 is 0. The second-order valence-corrected chi connectivity index (χ2v) is 4.68. The van der Waals surface area contributed by atoms with Gasteiger partial charge in [0.25, 0.3) is 0 Å². The van der Waals surface area contributed by atoms with E-state index in [9.17, 15) is 19.7 Å². The Hall–Kier alpha value is -2.71. The number of carbonyl (C=O) groups excluding carboxylic acids is 1. The minimum absolute atomic E-state index is 0.0702. The fourth-order valence-electron chi connectivity index (χ4n) is 1.64. The Morgan fingerprint density at radius 3 is 2.57 bits per heavy atom. The lowest BCUT2D eigenvalue weighted by molar-refractivity contribution is -0.384. The molecule has 0 bridgehead atoms. The third-order valence-corrected chi connectivity index (χ3v) is 2.46. The van der Waals surface area contributed by atoms with Crippen molar-refractivity contribution in [2.45, 2.75) is 19.9 Å². The smallest absolute Gasteiger partial charge is 0.354 e. The van der Waals surface area contributed by atoms with Gasteiger partial charge in [-0.2, -0.15) is 0 Å². The number of rotatable bonds is 6. The Bertz CT molecular complexity index is 573. The first-order chi connectivity index (χ1) is 9.72. The van der Waals surface area contributed by atoms with E-state index in [0.29, 0.717) is 0 Å². The van der Waals surface area contributed by atoms with Crippen molar-refractivity contribution < 1.29 is 19.6 Å². The van der Waals surface area contributed by atoms with Crippen molar-refractivity contribution in [2.75, 3.05) is 18.5 Å². The van der Waals surface area contributed by atoms with Gasteiger partial charge in [0, 0.05) is 19.2 Å². The molecule has 21 heavy (non-hydrogen) atoms. The number of anilines is 1. The van der Waals surface area contributed by atoms with Gasteiger partial charge in [-0.05, 0) is 19.9 Å². The first-order valence-electron chi connectivity index (χ1n) is 6.11. The highest BCUT2D eigenvalue weighted by molar-refractivity contribution is 5.87. The fraction of sp³-hybridized carbons (Fsp3) is 0.417. The molecule has 1 heterocycles. The van der Waals surface area contributed by atoms with Gasteiger partial charge < -0.3 is 15.3 Å². The molecule has 0 fully saturated rings. The Balaban J connectivity index is 3.07. The molecule has 0 aromatic carbocycles. The maximum atomic E-state index is 11.7. The second kappa shape index (κ2) is 6.64. The number of nitrogens with one attached hydrogen (secondary N) is 1. The number of nitrogens with zero attached hydrogens (tertiary/aromatic N) is 3. The Morgan fingerprint density at radius 1 is 1.48 bits per heavy atom. The van der Waals surface area contributed by atoms with E-state index < -0.39 is 10.9 Å². The molecule has 9 heteroatoms. The van der Waals surface area contributed by atoms with Crippen LogP contribution in [0.5, 0.6) is 0 Å². The summed E-state index contributed by atoms with van der Waals surface area (Å²) in [6.07, 6.45) is 0. The normalized spacial score (nSPS) is 10.3. The summed E-state index contributed by atoms with van der Waals surface area (Å²) in [7, 11) is 1.43. The van der Waals surface area contributed by atoms with Crippen LogP contribution in [-0.2, 0) is 4.79 Å². The van der Waals surface area contributed by atoms with Crippen LogP contribution in [0.4, 0.5) is 11.5 Å². The van der Waals surface area contributed by atoms with E-state index in [2.05, 4.69) is 10.3 Å². The van der Waals surface area contributed by atoms with E-state index in [1.807, 2.05) is 0 Å². The van der Waals surface area contributed by atoms with Crippen molar-refractivity contribution in [3.63, 3.8) is 0 Å². The van der Waals surface area contributed by atoms with E-state index in [1.165, 1.54) is 11.9 Å². The molecule has 0 saturated heterocycles. The summed E-state index contributed by atoms with van der Waals surface area (Å²) in [4.78, 5) is 37.8. The lowest BCUT2D eigenvalue weighted by atomic mass is 10.3. The van der Waals surface area contributed by atoms with Crippen molar-refractivity contribution in [2.24, 2.45) is 0 Å². The van der Waals surface area contributed by atoms with Crippen LogP contribution in [0.3, 0.4) is 0 Å². The SMILES string of the molecule is CC(C)NC(=O)CN(C)c1nc(C(=O)O)ccc1[N+](=O)[O-]. The van der Waals surface area contributed by atoms with Gasteiger partial charge in [0.1, 0.15) is 0 Å². The number of aromatic nitrogens is 1. The summed E-state index contributed by atoms with van der Waals surface area (Å²) in [6.45, 7) is 3.39. The average Bonchev–Trinajstić information content (AvgIpc) is 2.36. The Morgan fingerprint density at radius 2 is 2.10 bits per heavy atom. The van der Waals surface area contributed by atoms with Crippen LogP contribution in [0.1, 0.15) is 24.3 Å². The molecular formula is C12H16N4O5. The molecule has 1 amide bonds. The van der Waals surface area contributed by atoms with Gasteiger partial charge in [-0.15, -0.1) is 0 Å². The number of likely N-dealkylation sites (N-methyl/N-ethyl adjacent to an activating group) is 1. The summed E-state index contributed by atoms with van der Waals surface area (Å²) >= 11 is 0. The van der Waals surface area contributed by atoms with E-state index in [-0.39, 0.29) is 35.7 Å². The highest BCUT2D eigenvalue weighted by Gasteiger charge is 2.22. The van der Waals surface area contributed by atoms with Crippen LogP contribution in [0.25, 0.3) is 0 Å². The maximum Gasteiger partial charge on any atom is 0.354 e. The largest absolute Gasteiger partial charge is 0.477 e. The topological polar surface area (TPSA) is 126 Å². The molecule has 0 unspecified atom stereocenters. The Kier molecular flexibility index (Phi) is 5.17. The summed E-state index contributed by atoms with van der Waals surface area (Å²) in [6, 6.07) is 2.04. The highest BCUT2D eigenvalue weighted by Crippen LogP contribution is 2.25. The molecule has 0 aliphatic carbocycles. The van der Waals surface area contributed by atoms with Crippen molar-refractivity contribution in [3.05, 3.63) is 27.9 Å². The number of hydrogen-bond acceptors (Lipinski definition) is 6. The number of aromatic carboxylic acids is 1.